The van der Waals surface area contributed by atoms with E-state index in [0.717, 1.165) is 41.8 Å². The van der Waals surface area contributed by atoms with E-state index in [4.69, 9.17) is 5.73 Å². The van der Waals surface area contributed by atoms with Crippen LogP contribution < -0.4 is 21.5 Å². The summed E-state index contributed by atoms with van der Waals surface area (Å²) >= 11 is 2.47. The molecule has 0 bridgehead atoms. The summed E-state index contributed by atoms with van der Waals surface area (Å²) in [5, 5.41) is 31.3. The number of carboxylic acid groups (broad SMARTS) is 2. The number of aromatic nitrogens is 1. The summed E-state index contributed by atoms with van der Waals surface area (Å²) in [5.74, 6) is -4.17. The first-order chi connectivity index (χ1) is 19.9. The average Bonchev–Trinajstić information content (AvgIpc) is 3.56. The maximum atomic E-state index is 12.9. The van der Waals surface area contributed by atoms with Crippen molar-refractivity contribution in [1.29, 1.82) is 0 Å². The third kappa shape index (κ3) is 6.84. The second-order valence-corrected chi connectivity index (χ2v) is 12.6. The van der Waals surface area contributed by atoms with E-state index in [1.54, 1.807) is 0 Å². The molecule has 15 nitrogen and oxygen atoms in total. The van der Waals surface area contributed by atoms with Crippen LogP contribution in [-0.4, -0.2) is 112 Å². The van der Waals surface area contributed by atoms with Gasteiger partial charge in [0.15, 0.2) is 10.8 Å². The molecular weight excluding hydrogens is 590 g/mol. The van der Waals surface area contributed by atoms with Gasteiger partial charge in [0.2, 0.25) is 5.91 Å². The summed E-state index contributed by atoms with van der Waals surface area (Å²) in [6.45, 7) is 2.42. The van der Waals surface area contributed by atoms with Crippen LogP contribution in [0.2, 0.25) is 0 Å². The lowest BCUT2D eigenvalue weighted by Gasteiger charge is -2.51. The molecule has 3 amide bonds. The van der Waals surface area contributed by atoms with E-state index in [2.05, 4.69) is 32.7 Å². The number of oxime groups is 1. The number of aliphatic carboxylic acids is 2. The number of nitrogen functional groups attached to an aromatic ring is 1. The minimum absolute atomic E-state index is 0.0801. The highest BCUT2D eigenvalue weighted by atomic mass is 32.2. The first-order valence-electron chi connectivity index (χ1n) is 13.3. The fourth-order valence-electron chi connectivity index (χ4n) is 5.40. The molecule has 3 aliphatic heterocycles. The van der Waals surface area contributed by atoms with Crippen molar-refractivity contribution in [2.24, 2.45) is 5.16 Å². The Kier molecular flexibility index (Phi) is 9.73. The van der Waals surface area contributed by atoms with Crippen LogP contribution in [0, 0.1) is 0 Å². The third-order valence-corrected chi connectivity index (χ3v) is 9.45. The number of carboxylic acids is 2. The number of carbonyl (C=O) groups excluding carboxylic acids is 4. The Morgan fingerprint density at radius 3 is 2.64 bits per heavy atom. The second kappa shape index (κ2) is 13.1. The minimum atomic E-state index is -1.40. The summed E-state index contributed by atoms with van der Waals surface area (Å²) < 4.78 is 0.720. The number of thioether (sulfide) groups is 1. The SMILES string of the molecule is CO/N=C(\C(=O)NC(CCCC(=O)N[C@@H]1C(=O)N2C(C(=O)[O-])=C(C[N+]3(C)CCCC3)CS[C@H]12)C(=O)O)c1csc(N)n1. The number of rotatable bonds is 13. The molecule has 17 heteroatoms. The molecule has 4 rings (SSSR count). The van der Waals surface area contributed by atoms with E-state index >= 15 is 0 Å². The van der Waals surface area contributed by atoms with Crippen LogP contribution in [0.4, 0.5) is 5.13 Å². The molecule has 0 aliphatic carbocycles. The van der Waals surface area contributed by atoms with Crippen molar-refractivity contribution in [2.45, 2.75) is 49.6 Å². The van der Waals surface area contributed by atoms with Gasteiger partial charge in [0, 0.05) is 36.0 Å². The van der Waals surface area contributed by atoms with Crippen LogP contribution in [0.5, 0.6) is 0 Å². The lowest BCUT2D eigenvalue weighted by Crippen LogP contribution is -2.71. The summed E-state index contributed by atoms with van der Waals surface area (Å²) in [6, 6.07) is -2.24. The van der Waals surface area contributed by atoms with Gasteiger partial charge in [-0.25, -0.2) is 9.78 Å². The van der Waals surface area contributed by atoms with E-state index in [1.807, 2.05) is 0 Å². The first-order valence-corrected chi connectivity index (χ1v) is 15.2. The van der Waals surface area contributed by atoms with Crippen molar-refractivity contribution in [3.63, 3.8) is 0 Å². The molecular formula is C25H33N7O8S2. The van der Waals surface area contributed by atoms with Crippen LogP contribution in [0.15, 0.2) is 21.8 Å². The number of likely N-dealkylation sites (N-methyl/N-ethyl adjacent to an activating group) is 1. The molecule has 0 spiro atoms. The van der Waals surface area contributed by atoms with Gasteiger partial charge in [-0.3, -0.25) is 19.3 Å². The van der Waals surface area contributed by atoms with Crippen LogP contribution in [0.1, 0.15) is 37.8 Å². The molecule has 4 heterocycles. The van der Waals surface area contributed by atoms with E-state index in [9.17, 15) is 34.2 Å². The molecule has 228 valence electrons. The molecule has 0 aromatic carbocycles. The van der Waals surface area contributed by atoms with Crippen molar-refractivity contribution in [2.75, 3.05) is 45.3 Å². The average molecular weight is 624 g/mol. The molecule has 3 aliphatic rings. The molecule has 1 aromatic rings. The molecule has 0 radical (unpaired) electrons. The van der Waals surface area contributed by atoms with Crippen LogP contribution in [-0.2, 0) is 28.8 Å². The summed E-state index contributed by atoms with van der Waals surface area (Å²) in [6.07, 6.45) is 2.02. The summed E-state index contributed by atoms with van der Waals surface area (Å²) in [4.78, 5) is 71.9. The molecule has 2 fully saturated rings. The Labute approximate surface area is 249 Å². The molecule has 1 unspecified atom stereocenters. The fourth-order valence-corrected chi connectivity index (χ4v) is 7.28. The van der Waals surface area contributed by atoms with E-state index in [1.165, 1.54) is 29.2 Å². The van der Waals surface area contributed by atoms with E-state index in [-0.39, 0.29) is 41.5 Å². The van der Waals surface area contributed by atoms with Gasteiger partial charge in [0.1, 0.15) is 36.8 Å². The van der Waals surface area contributed by atoms with Gasteiger partial charge in [-0.15, -0.1) is 23.1 Å². The smallest absolute Gasteiger partial charge is 0.326 e. The van der Waals surface area contributed by atoms with Gasteiger partial charge >= 0.3 is 5.97 Å². The van der Waals surface area contributed by atoms with Crippen molar-refractivity contribution < 1.29 is 43.5 Å². The quantitative estimate of drug-likeness (QED) is 0.0854. The number of thiazole rings is 1. The number of nitrogens with zero attached hydrogens (tertiary/aromatic N) is 4. The monoisotopic (exact) mass is 623 g/mol. The minimum Gasteiger partial charge on any atom is -0.543 e. The number of amides is 3. The third-order valence-electron chi connectivity index (χ3n) is 7.44. The number of nitrogens with two attached hydrogens (primary N) is 1. The number of quaternary nitrogens is 1. The number of anilines is 1. The van der Waals surface area contributed by atoms with Crippen molar-refractivity contribution in [3.05, 3.63) is 22.3 Å². The number of hydrogen-bond acceptors (Lipinski definition) is 12. The Morgan fingerprint density at radius 1 is 1.33 bits per heavy atom. The lowest BCUT2D eigenvalue weighted by molar-refractivity contribution is -0.893. The zero-order valence-corrected chi connectivity index (χ0v) is 24.8. The topological polar surface area (TPSA) is 216 Å². The van der Waals surface area contributed by atoms with E-state index < -0.39 is 47.1 Å². The van der Waals surface area contributed by atoms with Gasteiger partial charge < -0.3 is 40.7 Å². The maximum absolute atomic E-state index is 12.9. The Hall–Kier alpha value is -3.70. The molecule has 1 aromatic heterocycles. The number of nitrogens with one attached hydrogen (secondary N) is 2. The van der Waals surface area contributed by atoms with Crippen molar-refractivity contribution in [3.8, 4) is 0 Å². The van der Waals surface area contributed by atoms with Crippen LogP contribution in [0.25, 0.3) is 0 Å². The van der Waals surface area contributed by atoms with Crippen LogP contribution >= 0.6 is 23.1 Å². The van der Waals surface area contributed by atoms with Crippen LogP contribution in [0.3, 0.4) is 0 Å². The number of β-lactam (4-membered cyclic amide) rings is 1. The normalized spacial score (nSPS) is 22.2. The van der Waals surface area contributed by atoms with Gasteiger partial charge in [-0.2, -0.15) is 0 Å². The predicted molar refractivity (Wildman–Crippen MR) is 151 cm³/mol. The van der Waals surface area contributed by atoms with Crippen molar-refractivity contribution >= 4 is 63.6 Å². The highest BCUT2D eigenvalue weighted by Gasteiger charge is 2.53. The summed E-state index contributed by atoms with van der Waals surface area (Å²) in [5.41, 5.74) is 6.03. The molecule has 42 heavy (non-hydrogen) atoms. The highest BCUT2D eigenvalue weighted by molar-refractivity contribution is 8.00. The zero-order valence-electron chi connectivity index (χ0n) is 23.2. The number of fused-ring (bicyclic) bond motifs is 1. The molecule has 0 saturated carbocycles. The van der Waals surface area contributed by atoms with Gasteiger partial charge in [0.25, 0.3) is 11.8 Å². The summed E-state index contributed by atoms with van der Waals surface area (Å²) in [7, 11) is 3.30. The standard InChI is InChI=1S/C25H33N7O8S2/c1-32(8-3-4-9-32)10-13-11-41-22-18(21(35)31(22)19(13)24(38)39)29-16(33)7-5-6-14(23(36)37)27-20(34)17(30-40-2)15-12-42-25(26)28-15/h12,14,18,22H,3-11H2,1-2H3,(H5-,26,27,28,29,33,34,36,37,38,39)/b30-17-/t14?,18-,22-/m1/s1. The van der Waals surface area contributed by atoms with Gasteiger partial charge in [0.05, 0.1) is 31.8 Å². The Morgan fingerprint density at radius 2 is 2.05 bits per heavy atom. The Bertz CT molecular complexity index is 1320. The zero-order chi connectivity index (χ0) is 30.6. The number of likely N-dealkylation sites (tertiary alicyclic amines) is 1. The first kappa shape index (κ1) is 31.2. The van der Waals surface area contributed by atoms with Gasteiger partial charge in [-0.1, -0.05) is 5.16 Å². The fraction of sp³-hybridized carbons (Fsp3) is 0.560. The maximum Gasteiger partial charge on any atom is 0.326 e. The van der Waals surface area contributed by atoms with E-state index in [0.29, 0.717) is 17.9 Å². The molecule has 5 N–H and O–H groups in total. The molecule has 2 saturated heterocycles. The lowest BCUT2D eigenvalue weighted by atomic mass is 10.0. The predicted octanol–water partition coefficient (Wildman–Crippen LogP) is -1.54. The number of hydrogen-bond donors (Lipinski definition) is 4. The van der Waals surface area contributed by atoms with Gasteiger partial charge in [-0.05, 0) is 12.8 Å². The second-order valence-electron chi connectivity index (χ2n) is 10.6. The van der Waals surface area contributed by atoms with Crippen molar-refractivity contribution in [1.82, 2.24) is 20.5 Å². The number of carbonyl (C=O) groups is 5. The largest absolute Gasteiger partial charge is 0.543 e. The highest BCUT2D eigenvalue weighted by Crippen LogP contribution is 2.41. The Balaban J connectivity index is 1.30. The molecule has 3 atom stereocenters.